The van der Waals surface area contributed by atoms with E-state index in [1.165, 1.54) is 22.3 Å². The number of carbonyl (C=O) groups excluding carboxylic acids is 2. The molecule has 32 heavy (non-hydrogen) atoms. The topological polar surface area (TPSA) is 105 Å². The van der Waals surface area contributed by atoms with E-state index in [9.17, 15) is 14.4 Å². The van der Waals surface area contributed by atoms with E-state index in [-0.39, 0.29) is 18.2 Å². The van der Waals surface area contributed by atoms with E-state index in [2.05, 4.69) is 34.9 Å². The molecule has 7 nitrogen and oxygen atoms in total. The molecule has 0 fully saturated rings. The summed E-state index contributed by atoms with van der Waals surface area (Å²) < 4.78 is 5.50. The molecule has 0 spiro atoms. The molecule has 0 aromatic heterocycles. The lowest BCUT2D eigenvalue weighted by Crippen LogP contribution is -2.27. The van der Waals surface area contributed by atoms with Crippen molar-refractivity contribution in [3.63, 3.8) is 0 Å². The molecule has 170 valence electrons. The van der Waals surface area contributed by atoms with Gasteiger partial charge in [0.15, 0.2) is 0 Å². The van der Waals surface area contributed by atoms with E-state index in [1.807, 2.05) is 24.3 Å². The van der Waals surface area contributed by atoms with Gasteiger partial charge in [0, 0.05) is 31.8 Å². The number of carboxylic acid groups (broad SMARTS) is 1. The fourth-order valence-electron chi connectivity index (χ4n) is 3.98. The molecule has 0 saturated carbocycles. The first-order valence-corrected chi connectivity index (χ1v) is 11.1. The molecule has 0 saturated heterocycles. The van der Waals surface area contributed by atoms with Crippen LogP contribution in [0.4, 0.5) is 4.79 Å². The Balaban J connectivity index is 1.30. The van der Waals surface area contributed by atoms with Gasteiger partial charge in [-0.1, -0.05) is 55.0 Å². The predicted octanol–water partition coefficient (Wildman–Crippen LogP) is 4.07. The number of ether oxygens (including phenoxy) is 1. The molecular weight excluding hydrogens is 408 g/mol. The summed E-state index contributed by atoms with van der Waals surface area (Å²) in [7, 11) is 0. The van der Waals surface area contributed by atoms with Crippen LogP contribution in [-0.2, 0) is 14.3 Å². The third-order valence-corrected chi connectivity index (χ3v) is 5.58. The molecule has 2 amide bonds. The zero-order valence-corrected chi connectivity index (χ0v) is 18.1. The number of carbonyl (C=O) groups is 3. The maximum Gasteiger partial charge on any atom is 0.407 e. The van der Waals surface area contributed by atoms with Crippen LogP contribution >= 0.6 is 0 Å². The number of aliphatic carboxylic acids is 1. The second kappa shape index (κ2) is 11.9. The minimum absolute atomic E-state index is 0.0437. The molecule has 1 aliphatic carbocycles. The Morgan fingerprint density at radius 1 is 0.781 bits per heavy atom. The Kier molecular flexibility index (Phi) is 8.66. The molecular formula is C25H30N2O5. The zero-order chi connectivity index (χ0) is 22.8. The average Bonchev–Trinajstić information content (AvgIpc) is 3.11. The van der Waals surface area contributed by atoms with Gasteiger partial charge in [-0.3, -0.25) is 9.59 Å². The molecule has 0 heterocycles. The molecule has 7 heteroatoms. The van der Waals surface area contributed by atoms with Gasteiger partial charge in [0.25, 0.3) is 0 Å². The number of nitrogens with one attached hydrogen (secondary N) is 2. The Morgan fingerprint density at radius 3 is 2.06 bits per heavy atom. The van der Waals surface area contributed by atoms with Crippen molar-refractivity contribution < 1.29 is 24.2 Å². The number of amides is 2. The first-order valence-electron chi connectivity index (χ1n) is 11.1. The van der Waals surface area contributed by atoms with Crippen LogP contribution in [0, 0.1) is 0 Å². The Bertz CT molecular complexity index is 898. The number of hydrogen-bond donors (Lipinski definition) is 3. The fraction of sp³-hybridized carbons (Fsp3) is 0.400. The SMILES string of the molecule is O=C(O)CCCNC(=O)CCCCCNC(=O)OCC1c2ccccc2-c2ccccc21. The fourth-order valence-corrected chi connectivity index (χ4v) is 3.98. The highest BCUT2D eigenvalue weighted by atomic mass is 16.5. The summed E-state index contributed by atoms with van der Waals surface area (Å²) in [4.78, 5) is 34.2. The van der Waals surface area contributed by atoms with Crippen LogP contribution in [0.3, 0.4) is 0 Å². The maximum atomic E-state index is 12.1. The van der Waals surface area contributed by atoms with Crippen LogP contribution in [0.2, 0.25) is 0 Å². The summed E-state index contributed by atoms with van der Waals surface area (Å²) in [6, 6.07) is 16.4. The lowest BCUT2D eigenvalue weighted by atomic mass is 9.98. The summed E-state index contributed by atoms with van der Waals surface area (Å²) in [5.41, 5.74) is 4.76. The number of alkyl carbamates (subject to hydrolysis) is 1. The van der Waals surface area contributed by atoms with Crippen LogP contribution < -0.4 is 10.6 Å². The highest BCUT2D eigenvalue weighted by Crippen LogP contribution is 2.44. The number of rotatable bonds is 12. The average molecular weight is 439 g/mol. The van der Waals surface area contributed by atoms with Crippen LogP contribution in [0.25, 0.3) is 11.1 Å². The molecule has 3 N–H and O–H groups in total. The van der Waals surface area contributed by atoms with E-state index in [0.717, 1.165) is 19.3 Å². The van der Waals surface area contributed by atoms with Crippen molar-refractivity contribution in [1.82, 2.24) is 10.6 Å². The lowest BCUT2D eigenvalue weighted by molar-refractivity contribution is -0.137. The van der Waals surface area contributed by atoms with E-state index < -0.39 is 12.1 Å². The standard InChI is InChI=1S/C25H30N2O5/c28-23(26-16-8-14-24(29)30)13-2-1-7-15-27-25(31)32-17-22-20-11-5-3-9-18(20)19-10-4-6-12-21(19)22/h3-6,9-12,22H,1-2,7-8,13-17H2,(H,26,28)(H,27,31)(H,29,30). The van der Waals surface area contributed by atoms with Crippen LogP contribution in [0.15, 0.2) is 48.5 Å². The van der Waals surface area contributed by atoms with Crippen molar-refractivity contribution in [1.29, 1.82) is 0 Å². The van der Waals surface area contributed by atoms with Crippen molar-refractivity contribution in [3.8, 4) is 11.1 Å². The number of benzene rings is 2. The van der Waals surface area contributed by atoms with E-state index in [4.69, 9.17) is 9.84 Å². The molecule has 0 aliphatic heterocycles. The summed E-state index contributed by atoms with van der Waals surface area (Å²) in [5, 5.41) is 14.0. The molecule has 0 atom stereocenters. The van der Waals surface area contributed by atoms with Gasteiger partial charge in [0.1, 0.15) is 6.61 Å². The maximum absolute atomic E-state index is 12.1. The molecule has 0 bridgehead atoms. The zero-order valence-electron chi connectivity index (χ0n) is 18.1. The smallest absolute Gasteiger partial charge is 0.407 e. The minimum Gasteiger partial charge on any atom is -0.481 e. The van der Waals surface area contributed by atoms with Crippen molar-refractivity contribution in [3.05, 3.63) is 59.7 Å². The minimum atomic E-state index is -0.858. The largest absolute Gasteiger partial charge is 0.481 e. The molecule has 3 rings (SSSR count). The second-order valence-corrected chi connectivity index (χ2v) is 7.91. The molecule has 2 aromatic rings. The lowest BCUT2D eigenvalue weighted by Gasteiger charge is -2.14. The molecule has 0 unspecified atom stereocenters. The highest BCUT2D eigenvalue weighted by molar-refractivity contribution is 5.79. The third kappa shape index (κ3) is 6.57. The monoisotopic (exact) mass is 438 g/mol. The number of carboxylic acids is 1. The molecule has 1 aliphatic rings. The Labute approximate surface area is 188 Å². The van der Waals surface area contributed by atoms with Crippen molar-refractivity contribution in [2.45, 2.75) is 44.4 Å². The highest BCUT2D eigenvalue weighted by Gasteiger charge is 2.28. The first kappa shape index (κ1) is 23.3. The molecule has 2 aromatic carbocycles. The summed E-state index contributed by atoms with van der Waals surface area (Å²) in [5.74, 6) is -0.884. The van der Waals surface area contributed by atoms with Crippen LogP contribution in [0.1, 0.15) is 55.6 Å². The van der Waals surface area contributed by atoms with Gasteiger partial charge >= 0.3 is 12.1 Å². The number of hydrogen-bond acceptors (Lipinski definition) is 4. The van der Waals surface area contributed by atoms with E-state index >= 15 is 0 Å². The van der Waals surface area contributed by atoms with Gasteiger partial charge in [-0.15, -0.1) is 0 Å². The van der Waals surface area contributed by atoms with Gasteiger partial charge in [-0.05, 0) is 41.5 Å². The van der Waals surface area contributed by atoms with E-state index in [0.29, 0.717) is 32.5 Å². The summed E-state index contributed by atoms with van der Waals surface area (Å²) in [6.07, 6.45) is 2.76. The molecule has 0 radical (unpaired) electrons. The van der Waals surface area contributed by atoms with Crippen molar-refractivity contribution >= 4 is 18.0 Å². The van der Waals surface area contributed by atoms with Gasteiger partial charge in [-0.25, -0.2) is 4.79 Å². The summed E-state index contributed by atoms with van der Waals surface area (Å²) >= 11 is 0. The third-order valence-electron chi connectivity index (χ3n) is 5.58. The van der Waals surface area contributed by atoms with Gasteiger partial charge in [-0.2, -0.15) is 0 Å². The van der Waals surface area contributed by atoms with Gasteiger partial charge in [0.2, 0.25) is 5.91 Å². The Morgan fingerprint density at radius 2 is 1.41 bits per heavy atom. The quantitative estimate of drug-likeness (QED) is 0.433. The normalized spacial score (nSPS) is 12.0. The summed E-state index contributed by atoms with van der Waals surface area (Å²) in [6.45, 7) is 1.17. The van der Waals surface area contributed by atoms with Crippen LogP contribution in [-0.4, -0.2) is 42.8 Å². The number of fused-ring (bicyclic) bond motifs is 3. The Hall–Kier alpha value is -3.35. The van der Waals surface area contributed by atoms with Crippen molar-refractivity contribution in [2.75, 3.05) is 19.7 Å². The van der Waals surface area contributed by atoms with Gasteiger partial charge < -0.3 is 20.5 Å². The van der Waals surface area contributed by atoms with Crippen molar-refractivity contribution in [2.24, 2.45) is 0 Å². The second-order valence-electron chi connectivity index (χ2n) is 7.91. The number of unbranched alkanes of at least 4 members (excludes halogenated alkanes) is 2. The predicted molar refractivity (Wildman–Crippen MR) is 121 cm³/mol. The van der Waals surface area contributed by atoms with Gasteiger partial charge in [0.05, 0.1) is 0 Å². The van der Waals surface area contributed by atoms with E-state index in [1.54, 1.807) is 0 Å². The van der Waals surface area contributed by atoms with Crippen LogP contribution in [0.5, 0.6) is 0 Å². The first-order chi connectivity index (χ1) is 15.6.